The minimum Gasteiger partial charge on any atom is -0.457 e. The van der Waals surface area contributed by atoms with Crippen LogP contribution in [0.5, 0.6) is 11.5 Å². The van der Waals surface area contributed by atoms with E-state index in [1.807, 2.05) is 19.1 Å². The van der Waals surface area contributed by atoms with Gasteiger partial charge in [-0.1, -0.05) is 29.3 Å². The van der Waals surface area contributed by atoms with Crippen LogP contribution in [0.1, 0.15) is 5.56 Å². The van der Waals surface area contributed by atoms with E-state index >= 15 is 0 Å². The molecule has 1 aromatic carbocycles. The molecule has 0 fully saturated rings. The lowest BCUT2D eigenvalue weighted by molar-refractivity contribution is 0.478. The number of aromatic nitrogens is 1. The van der Waals surface area contributed by atoms with Crippen LogP contribution in [-0.4, -0.2) is 4.98 Å². The van der Waals surface area contributed by atoms with Crippen LogP contribution in [0.15, 0.2) is 36.5 Å². The van der Waals surface area contributed by atoms with Crippen molar-refractivity contribution in [1.82, 2.24) is 4.98 Å². The minimum absolute atomic E-state index is 0.400. The predicted octanol–water partition coefficient (Wildman–Crippen LogP) is 4.49. The second-order valence-electron chi connectivity index (χ2n) is 3.33. The number of pyridine rings is 1. The standard InChI is InChI=1S/C12H9Cl2NO/c1-8-2-3-9(13)6-11(8)16-10-4-5-15-12(14)7-10/h2-7H,1H3. The first kappa shape index (κ1) is 11.2. The van der Waals surface area contributed by atoms with Crippen molar-refractivity contribution < 1.29 is 4.74 Å². The van der Waals surface area contributed by atoms with E-state index in [1.54, 1.807) is 24.4 Å². The number of ether oxygens (including phenoxy) is 1. The molecule has 1 aromatic heterocycles. The number of hydrogen-bond acceptors (Lipinski definition) is 2. The number of halogens is 2. The van der Waals surface area contributed by atoms with Crippen LogP contribution >= 0.6 is 23.2 Å². The first-order valence-electron chi connectivity index (χ1n) is 4.71. The third kappa shape index (κ3) is 2.65. The smallest absolute Gasteiger partial charge is 0.132 e. The Balaban J connectivity index is 2.30. The van der Waals surface area contributed by atoms with Gasteiger partial charge in [0.1, 0.15) is 16.7 Å². The maximum atomic E-state index is 5.90. The number of hydrogen-bond donors (Lipinski definition) is 0. The van der Waals surface area contributed by atoms with Gasteiger partial charge in [-0.3, -0.25) is 0 Å². The van der Waals surface area contributed by atoms with Crippen molar-refractivity contribution in [3.63, 3.8) is 0 Å². The summed E-state index contributed by atoms with van der Waals surface area (Å²) in [7, 11) is 0. The molecule has 82 valence electrons. The molecule has 0 radical (unpaired) electrons. The molecule has 0 spiro atoms. The van der Waals surface area contributed by atoms with Gasteiger partial charge in [0, 0.05) is 17.3 Å². The third-order valence-corrected chi connectivity index (χ3v) is 2.52. The number of nitrogens with zero attached hydrogens (tertiary/aromatic N) is 1. The molecule has 1 heterocycles. The molecule has 2 nitrogen and oxygen atoms in total. The van der Waals surface area contributed by atoms with Gasteiger partial charge >= 0.3 is 0 Å². The summed E-state index contributed by atoms with van der Waals surface area (Å²) in [5.74, 6) is 1.36. The van der Waals surface area contributed by atoms with Crippen molar-refractivity contribution in [1.29, 1.82) is 0 Å². The molecule has 0 N–H and O–H groups in total. The van der Waals surface area contributed by atoms with Gasteiger partial charge in [-0.2, -0.15) is 0 Å². The average molecular weight is 254 g/mol. The molecule has 0 aliphatic carbocycles. The molecule has 0 saturated carbocycles. The van der Waals surface area contributed by atoms with Crippen molar-refractivity contribution in [2.45, 2.75) is 6.92 Å². The lowest BCUT2D eigenvalue weighted by Crippen LogP contribution is -1.88. The predicted molar refractivity (Wildman–Crippen MR) is 65.5 cm³/mol. The molecule has 0 amide bonds. The Morgan fingerprint density at radius 3 is 2.69 bits per heavy atom. The van der Waals surface area contributed by atoms with Crippen molar-refractivity contribution in [3.05, 3.63) is 52.3 Å². The molecule has 0 aliphatic rings. The monoisotopic (exact) mass is 253 g/mol. The second kappa shape index (κ2) is 4.73. The summed E-state index contributed by atoms with van der Waals surface area (Å²) < 4.78 is 5.66. The quantitative estimate of drug-likeness (QED) is 0.736. The summed E-state index contributed by atoms with van der Waals surface area (Å²) in [4.78, 5) is 3.88. The maximum Gasteiger partial charge on any atom is 0.132 e. The van der Waals surface area contributed by atoms with Gasteiger partial charge in [-0.05, 0) is 30.7 Å². The Labute approximate surface area is 104 Å². The van der Waals surface area contributed by atoms with Gasteiger partial charge in [-0.25, -0.2) is 4.98 Å². The van der Waals surface area contributed by atoms with E-state index in [4.69, 9.17) is 27.9 Å². The van der Waals surface area contributed by atoms with E-state index < -0.39 is 0 Å². The van der Waals surface area contributed by atoms with Crippen molar-refractivity contribution >= 4 is 23.2 Å². The summed E-state index contributed by atoms with van der Waals surface area (Å²) >= 11 is 11.7. The molecular weight excluding hydrogens is 245 g/mol. The van der Waals surface area contributed by atoms with Crippen molar-refractivity contribution in [2.75, 3.05) is 0 Å². The zero-order valence-corrected chi connectivity index (χ0v) is 10.1. The van der Waals surface area contributed by atoms with Gasteiger partial charge in [0.15, 0.2) is 0 Å². The molecule has 2 aromatic rings. The molecule has 0 unspecified atom stereocenters. The van der Waals surface area contributed by atoms with Crippen LogP contribution < -0.4 is 4.74 Å². The molecule has 2 rings (SSSR count). The fourth-order valence-corrected chi connectivity index (χ4v) is 1.59. The minimum atomic E-state index is 0.400. The van der Waals surface area contributed by atoms with Crippen molar-refractivity contribution in [3.8, 4) is 11.5 Å². The Morgan fingerprint density at radius 2 is 1.94 bits per heavy atom. The highest BCUT2D eigenvalue weighted by Gasteiger charge is 2.03. The highest BCUT2D eigenvalue weighted by molar-refractivity contribution is 6.30. The summed E-state index contributed by atoms with van der Waals surface area (Å²) in [6.45, 7) is 1.95. The van der Waals surface area contributed by atoms with Crippen LogP contribution in [0.2, 0.25) is 10.2 Å². The number of aryl methyl sites for hydroxylation is 1. The maximum absolute atomic E-state index is 5.90. The van der Waals surface area contributed by atoms with E-state index in [0.29, 0.717) is 15.9 Å². The SMILES string of the molecule is Cc1ccc(Cl)cc1Oc1ccnc(Cl)c1. The molecular formula is C12H9Cl2NO. The summed E-state index contributed by atoms with van der Waals surface area (Å²) in [5, 5.41) is 1.04. The number of benzene rings is 1. The fraction of sp³-hybridized carbons (Fsp3) is 0.0833. The van der Waals surface area contributed by atoms with Crippen LogP contribution in [0.4, 0.5) is 0 Å². The van der Waals surface area contributed by atoms with Gasteiger partial charge in [-0.15, -0.1) is 0 Å². The van der Waals surface area contributed by atoms with Crippen molar-refractivity contribution in [2.24, 2.45) is 0 Å². The Morgan fingerprint density at radius 1 is 1.12 bits per heavy atom. The zero-order chi connectivity index (χ0) is 11.5. The molecule has 4 heteroatoms. The topological polar surface area (TPSA) is 22.1 Å². The summed E-state index contributed by atoms with van der Waals surface area (Å²) in [6.07, 6.45) is 1.59. The third-order valence-electron chi connectivity index (χ3n) is 2.08. The summed E-state index contributed by atoms with van der Waals surface area (Å²) in [5.41, 5.74) is 1.01. The second-order valence-corrected chi connectivity index (χ2v) is 4.15. The Kier molecular flexibility index (Phi) is 3.32. The van der Waals surface area contributed by atoms with Crippen LogP contribution in [0.25, 0.3) is 0 Å². The molecule has 16 heavy (non-hydrogen) atoms. The first-order chi connectivity index (χ1) is 7.65. The normalized spacial score (nSPS) is 10.2. The molecule has 0 atom stereocenters. The van der Waals surface area contributed by atoms with Gasteiger partial charge in [0.05, 0.1) is 0 Å². The van der Waals surface area contributed by atoms with Gasteiger partial charge < -0.3 is 4.74 Å². The molecule has 0 bridgehead atoms. The molecule has 0 saturated heterocycles. The van der Waals surface area contributed by atoms with E-state index in [1.165, 1.54) is 0 Å². The van der Waals surface area contributed by atoms with E-state index in [-0.39, 0.29) is 0 Å². The number of rotatable bonds is 2. The van der Waals surface area contributed by atoms with E-state index in [9.17, 15) is 0 Å². The van der Waals surface area contributed by atoms with Gasteiger partial charge in [0.2, 0.25) is 0 Å². The lowest BCUT2D eigenvalue weighted by atomic mass is 10.2. The fourth-order valence-electron chi connectivity index (χ4n) is 1.26. The molecule has 0 aliphatic heterocycles. The van der Waals surface area contributed by atoms with Crippen LogP contribution in [0, 0.1) is 6.92 Å². The van der Waals surface area contributed by atoms with Gasteiger partial charge in [0.25, 0.3) is 0 Å². The zero-order valence-electron chi connectivity index (χ0n) is 8.58. The largest absolute Gasteiger partial charge is 0.457 e. The van der Waals surface area contributed by atoms with Crippen LogP contribution in [0.3, 0.4) is 0 Å². The Bertz CT molecular complexity index is 514. The van der Waals surface area contributed by atoms with E-state index in [0.717, 1.165) is 11.3 Å². The first-order valence-corrected chi connectivity index (χ1v) is 5.46. The van der Waals surface area contributed by atoms with E-state index in [2.05, 4.69) is 4.98 Å². The average Bonchev–Trinajstić information content (AvgIpc) is 2.24. The highest BCUT2D eigenvalue weighted by Crippen LogP contribution is 2.28. The Hall–Kier alpha value is -1.25. The van der Waals surface area contributed by atoms with Crippen LogP contribution in [-0.2, 0) is 0 Å². The highest BCUT2D eigenvalue weighted by atomic mass is 35.5. The summed E-state index contributed by atoms with van der Waals surface area (Å²) in [6, 6.07) is 8.89. The lowest BCUT2D eigenvalue weighted by Gasteiger charge is -2.08.